The summed E-state index contributed by atoms with van der Waals surface area (Å²) in [6.45, 7) is 4.35. The van der Waals surface area contributed by atoms with E-state index in [9.17, 15) is 4.79 Å². The second kappa shape index (κ2) is 9.24. The monoisotopic (exact) mass is 474 g/mol. The Hall–Kier alpha value is -3.16. The molecule has 7 nitrogen and oxygen atoms in total. The smallest absolute Gasteiger partial charge is 0.260 e. The molecule has 2 N–H and O–H groups in total. The van der Waals surface area contributed by atoms with Gasteiger partial charge < -0.3 is 5.73 Å². The first-order chi connectivity index (χ1) is 16.4. The maximum absolute atomic E-state index is 13.8. The van der Waals surface area contributed by atoms with Crippen LogP contribution in [0.2, 0.25) is 5.02 Å². The van der Waals surface area contributed by atoms with Gasteiger partial charge in [-0.1, -0.05) is 23.7 Å². The van der Waals surface area contributed by atoms with Crippen molar-refractivity contribution in [1.29, 1.82) is 0 Å². The van der Waals surface area contributed by atoms with E-state index in [1.165, 1.54) is 0 Å². The molecule has 34 heavy (non-hydrogen) atoms. The first-order valence-corrected chi connectivity index (χ1v) is 12.0. The topological polar surface area (TPSA) is 99.6 Å². The Labute approximate surface area is 203 Å². The average molecular weight is 475 g/mol. The Morgan fingerprint density at radius 1 is 1.03 bits per heavy atom. The van der Waals surface area contributed by atoms with Crippen molar-refractivity contribution in [2.45, 2.75) is 52.1 Å². The summed E-state index contributed by atoms with van der Waals surface area (Å²) in [6.07, 6.45) is 9.18. The van der Waals surface area contributed by atoms with E-state index in [4.69, 9.17) is 17.3 Å². The zero-order chi connectivity index (χ0) is 23.8. The number of aryl methyl sites for hydroxylation is 2. The van der Waals surface area contributed by atoms with Crippen LogP contribution in [0.3, 0.4) is 0 Å². The normalized spacial score (nSPS) is 18.4. The fourth-order valence-electron chi connectivity index (χ4n) is 4.73. The van der Waals surface area contributed by atoms with Crippen LogP contribution in [-0.4, -0.2) is 30.5 Å². The summed E-state index contributed by atoms with van der Waals surface area (Å²) in [5.41, 5.74) is 10.3. The van der Waals surface area contributed by atoms with Crippen molar-refractivity contribution in [3.8, 4) is 22.4 Å². The number of fused-ring (bicyclic) bond motifs is 1. The fraction of sp³-hybridized carbons (Fsp3) is 0.346. The Balaban J connectivity index is 1.60. The molecule has 1 fully saturated rings. The lowest BCUT2D eigenvalue weighted by molar-refractivity contribution is 0.295. The van der Waals surface area contributed by atoms with Crippen molar-refractivity contribution in [2.24, 2.45) is 11.7 Å². The first kappa shape index (κ1) is 22.6. The van der Waals surface area contributed by atoms with Crippen molar-refractivity contribution >= 4 is 22.6 Å². The second-order valence-electron chi connectivity index (χ2n) is 9.19. The van der Waals surface area contributed by atoms with Gasteiger partial charge in [0, 0.05) is 52.1 Å². The van der Waals surface area contributed by atoms with E-state index in [0.29, 0.717) is 40.1 Å². The molecule has 4 aromatic rings. The molecule has 0 saturated heterocycles. The van der Waals surface area contributed by atoms with Crippen molar-refractivity contribution < 1.29 is 0 Å². The van der Waals surface area contributed by atoms with Gasteiger partial charge in [0.15, 0.2) is 0 Å². The van der Waals surface area contributed by atoms with Crippen molar-refractivity contribution in [2.75, 3.05) is 0 Å². The van der Waals surface area contributed by atoms with Crippen LogP contribution in [0.15, 0.2) is 47.7 Å². The van der Waals surface area contributed by atoms with Crippen molar-refractivity contribution in [3.05, 3.63) is 69.8 Å². The van der Waals surface area contributed by atoms with E-state index in [-0.39, 0.29) is 11.6 Å². The van der Waals surface area contributed by atoms with Gasteiger partial charge in [0.1, 0.15) is 11.5 Å². The number of aromatic nitrogens is 5. The molecule has 3 aromatic heterocycles. The largest absolute Gasteiger partial charge is 0.328 e. The number of halogens is 1. The maximum Gasteiger partial charge on any atom is 0.260 e. The SMILES string of the molecule is Cc1cncc(-c2ccc(-c3cc4cnc(C)nc4n(C[C@H]4CC[C@@H](N)CC4)c3=O)c(Cl)c2)n1. The number of nitrogens with two attached hydrogens (primary N) is 1. The molecule has 0 spiro atoms. The minimum Gasteiger partial charge on any atom is -0.328 e. The van der Waals surface area contributed by atoms with Gasteiger partial charge in [-0.25, -0.2) is 15.0 Å². The molecule has 0 radical (unpaired) electrons. The molecule has 174 valence electrons. The molecule has 1 aliphatic rings. The van der Waals surface area contributed by atoms with Gasteiger partial charge in [-0.2, -0.15) is 0 Å². The summed E-state index contributed by atoms with van der Waals surface area (Å²) >= 11 is 6.72. The summed E-state index contributed by atoms with van der Waals surface area (Å²) in [4.78, 5) is 31.5. The summed E-state index contributed by atoms with van der Waals surface area (Å²) in [5, 5.41) is 1.30. The van der Waals surface area contributed by atoms with Crippen LogP contribution >= 0.6 is 11.6 Å². The minimum absolute atomic E-state index is 0.0922. The van der Waals surface area contributed by atoms with Crippen molar-refractivity contribution in [3.63, 3.8) is 0 Å². The van der Waals surface area contributed by atoms with Gasteiger partial charge in [0.05, 0.1) is 17.6 Å². The van der Waals surface area contributed by atoms with Gasteiger partial charge in [-0.05, 0) is 57.6 Å². The fourth-order valence-corrected chi connectivity index (χ4v) is 5.01. The lowest BCUT2D eigenvalue weighted by Gasteiger charge is -2.27. The van der Waals surface area contributed by atoms with Gasteiger partial charge in [0.25, 0.3) is 5.56 Å². The number of hydrogen-bond donors (Lipinski definition) is 1. The number of nitrogens with zero attached hydrogens (tertiary/aromatic N) is 5. The molecule has 5 rings (SSSR count). The van der Waals surface area contributed by atoms with Crippen molar-refractivity contribution in [1.82, 2.24) is 24.5 Å². The Morgan fingerprint density at radius 2 is 1.82 bits per heavy atom. The quantitative estimate of drug-likeness (QED) is 0.460. The molecule has 0 aliphatic heterocycles. The molecule has 0 bridgehead atoms. The molecule has 0 amide bonds. The van der Waals surface area contributed by atoms with E-state index >= 15 is 0 Å². The second-order valence-corrected chi connectivity index (χ2v) is 9.60. The van der Waals surface area contributed by atoms with Crippen LogP contribution in [0.4, 0.5) is 0 Å². The summed E-state index contributed by atoms with van der Waals surface area (Å²) in [5.74, 6) is 1.03. The van der Waals surface area contributed by atoms with E-state index in [1.54, 1.807) is 23.2 Å². The van der Waals surface area contributed by atoms with Gasteiger partial charge in [0.2, 0.25) is 0 Å². The molecule has 1 saturated carbocycles. The molecule has 8 heteroatoms. The highest BCUT2D eigenvalue weighted by molar-refractivity contribution is 6.33. The third-order valence-corrected chi connectivity index (χ3v) is 6.90. The van der Waals surface area contributed by atoms with E-state index in [1.807, 2.05) is 38.1 Å². The predicted octanol–water partition coefficient (Wildman–Crippen LogP) is 4.70. The lowest BCUT2D eigenvalue weighted by atomic mass is 9.86. The van der Waals surface area contributed by atoms with E-state index in [0.717, 1.165) is 48.0 Å². The molecular formula is C26H27ClN6O. The number of pyridine rings is 1. The predicted molar refractivity (Wildman–Crippen MR) is 135 cm³/mol. The Kier molecular flexibility index (Phi) is 6.15. The highest BCUT2D eigenvalue weighted by atomic mass is 35.5. The van der Waals surface area contributed by atoms with Crippen LogP contribution in [0.25, 0.3) is 33.4 Å². The van der Waals surface area contributed by atoms with Crippen LogP contribution in [0.1, 0.15) is 37.2 Å². The van der Waals surface area contributed by atoms with Gasteiger partial charge in [-0.15, -0.1) is 0 Å². The van der Waals surface area contributed by atoms with Gasteiger partial charge >= 0.3 is 0 Å². The molecule has 0 unspecified atom stereocenters. The molecule has 3 heterocycles. The van der Waals surface area contributed by atoms with Crippen LogP contribution < -0.4 is 11.3 Å². The molecular weight excluding hydrogens is 448 g/mol. The Bertz CT molecular complexity index is 1420. The van der Waals surface area contributed by atoms with Crippen LogP contribution in [0.5, 0.6) is 0 Å². The van der Waals surface area contributed by atoms with Crippen LogP contribution in [-0.2, 0) is 6.54 Å². The van der Waals surface area contributed by atoms with E-state index in [2.05, 4.69) is 19.9 Å². The van der Waals surface area contributed by atoms with Gasteiger partial charge in [-0.3, -0.25) is 14.3 Å². The first-order valence-electron chi connectivity index (χ1n) is 11.6. The summed E-state index contributed by atoms with van der Waals surface area (Å²) in [6, 6.07) is 7.74. The van der Waals surface area contributed by atoms with E-state index < -0.39 is 0 Å². The Morgan fingerprint density at radius 3 is 2.56 bits per heavy atom. The number of benzene rings is 1. The third-order valence-electron chi connectivity index (χ3n) is 6.59. The highest BCUT2D eigenvalue weighted by Crippen LogP contribution is 2.32. The van der Waals surface area contributed by atoms with Crippen LogP contribution in [0, 0.1) is 19.8 Å². The molecule has 1 aromatic carbocycles. The summed E-state index contributed by atoms with van der Waals surface area (Å²) < 4.78 is 1.80. The zero-order valence-electron chi connectivity index (χ0n) is 19.3. The third kappa shape index (κ3) is 4.45. The number of hydrogen-bond acceptors (Lipinski definition) is 6. The number of rotatable bonds is 4. The highest BCUT2D eigenvalue weighted by Gasteiger charge is 2.22. The summed E-state index contributed by atoms with van der Waals surface area (Å²) in [7, 11) is 0. The standard InChI is InChI=1S/C26H27ClN6O/c1-15-11-29-13-24(31-15)18-5-8-21(23(27)10-18)22-9-19-12-30-16(2)32-25(19)33(26(22)34)14-17-3-6-20(28)7-4-17/h5,8-13,17,20H,3-4,6-7,14,28H2,1-2H3/t17-,20+. The maximum atomic E-state index is 13.8. The average Bonchev–Trinajstić information content (AvgIpc) is 2.82. The molecule has 0 atom stereocenters. The zero-order valence-corrected chi connectivity index (χ0v) is 20.1. The molecule has 1 aliphatic carbocycles. The lowest BCUT2D eigenvalue weighted by Crippen LogP contribution is -2.31. The minimum atomic E-state index is -0.0922.